The van der Waals surface area contributed by atoms with Gasteiger partial charge in [-0.1, -0.05) is 17.3 Å². The summed E-state index contributed by atoms with van der Waals surface area (Å²) in [6.45, 7) is 2.58. The number of methoxy groups -OCH3 is 1. The Hall–Kier alpha value is -3.09. The van der Waals surface area contributed by atoms with Crippen LogP contribution in [0.25, 0.3) is 11.7 Å². The summed E-state index contributed by atoms with van der Waals surface area (Å²) in [5.41, 5.74) is 1.06. The molecule has 4 rings (SSSR count). The van der Waals surface area contributed by atoms with Gasteiger partial charge in [-0.15, -0.1) is 0 Å². The van der Waals surface area contributed by atoms with E-state index in [2.05, 4.69) is 10.1 Å². The summed E-state index contributed by atoms with van der Waals surface area (Å²) >= 11 is 0. The van der Waals surface area contributed by atoms with Crippen LogP contribution in [-0.4, -0.2) is 34.6 Å². The Morgan fingerprint density at radius 2 is 2.08 bits per heavy atom. The Bertz CT molecular complexity index is 886. The van der Waals surface area contributed by atoms with Gasteiger partial charge in [-0.3, -0.25) is 4.79 Å². The maximum Gasteiger partial charge on any atom is 0.293 e. The lowest BCUT2D eigenvalue weighted by Crippen LogP contribution is -2.28. The van der Waals surface area contributed by atoms with Gasteiger partial charge in [0.2, 0.25) is 5.91 Å². The molecule has 0 spiro atoms. The molecule has 1 aliphatic heterocycles. The number of hydrogen-bond acceptors (Lipinski definition) is 6. The maximum absolute atomic E-state index is 12.5. The average Bonchev–Trinajstić information content (AvgIpc) is 3.41. The standard InChI is InChI=1S/C19H19N3O4/c1-12(13-5-7-15(24-2)8-6-13)22-11-14(10-17(22)23)18-20-19(26-21-18)16-4-3-9-25-16/h3-9,12,14H,10-11H2,1-2H3. The highest BCUT2D eigenvalue weighted by Crippen LogP contribution is 2.34. The van der Waals surface area contributed by atoms with Crippen molar-refractivity contribution in [1.82, 2.24) is 15.0 Å². The first-order valence-electron chi connectivity index (χ1n) is 8.46. The molecular formula is C19H19N3O4. The van der Waals surface area contributed by atoms with Crippen molar-refractivity contribution in [2.75, 3.05) is 13.7 Å². The number of hydrogen-bond donors (Lipinski definition) is 0. The molecule has 0 saturated carbocycles. The Morgan fingerprint density at radius 3 is 2.77 bits per heavy atom. The summed E-state index contributed by atoms with van der Waals surface area (Å²) in [6, 6.07) is 11.2. The minimum atomic E-state index is -0.0874. The van der Waals surface area contributed by atoms with E-state index in [1.807, 2.05) is 36.1 Å². The van der Waals surface area contributed by atoms with Gasteiger partial charge in [-0.25, -0.2) is 0 Å². The number of rotatable bonds is 5. The van der Waals surface area contributed by atoms with Crippen molar-refractivity contribution in [2.24, 2.45) is 0 Å². The molecule has 0 bridgehead atoms. The van der Waals surface area contributed by atoms with Gasteiger partial charge >= 0.3 is 0 Å². The van der Waals surface area contributed by atoms with Gasteiger partial charge in [0, 0.05) is 18.9 Å². The predicted octanol–water partition coefficient (Wildman–Crippen LogP) is 3.42. The molecule has 1 saturated heterocycles. The first kappa shape index (κ1) is 16.4. The van der Waals surface area contributed by atoms with Crippen molar-refractivity contribution in [3.63, 3.8) is 0 Å². The van der Waals surface area contributed by atoms with Gasteiger partial charge < -0.3 is 18.6 Å². The van der Waals surface area contributed by atoms with E-state index in [0.29, 0.717) is 30.4 Å². The van der Waals surface area contributed by atoms with Crippen LogP contribution in [0.4, 0.5) is 0 Å². The third kappa shape index (κ3) is 2.96. The van der Waals surface area contributed by atoms with Gasteiger partial charge in [-0.2, -0.15) is 4.98 Å². The second-order valence-electron chi connectivity index (χ2n) is 6.33. The van der Waals surface area contributed by atoms with Crippen LogP contribution < -0.4 is 4.74 Å². The fourth-order valence-electron chi connectivity index (χ4n) is 3.24. The van der Waals surface area contributed by atoms with Crippen LogP contribution in [-0.2, 0) is 4.79 Å². The second-order valence-corrected chi connectivity index (χ2v) is 6.33. The highest BCUT2D eigenvalue weighted by Gasteiger charge is 2.36. The SMILES string of the molecule is COc1ccc(C(C)N2CC(c3noc(-c4ccco4)n3)CC2=O)cc1. The van der Waals surface area contributed by atoms with Crippen molar-refractivity contribution < 1.29 is 18.5 Å². The molecule has 2 atom stereocenters. The van der Waals surface area contributed by atoms with Crippen molar-refractivity contribution in [3.05, 3.63) is 54.0 Å². The number of ether oxygens (including phenoxy) is 1. The molecule has 7 heteroatoms. The van der Waals surface area contributed by atoms with Crippen molar-refractivity contribution in [3.8, 4) is 17.4 Å². The van der Waals surface area contributed by atoms with Crippen molar-refractivity contribution in [1.29, 1.82) is 0 Å². The minimum absolute atomic E-state index is 0.0325. The van der Waals surface area contributed by atoms with Crippen LogP contribution in [0.2, 0.25) is 0 Å². The van der Waals surface area contributed by atoms with E-state index in [-0.39, 0.29) is 17.9 Å². The van der Waals surface area contributed by atoms with Crippen LogP contribution in [0.15, 0.2) is 51.6 Å². The molecule has 7 nitrogen and oxygen atoms in total. The highest BCUT2D eigenvalue weighted by molar-refractivity contribution is 5.80. The fourth-order valence-corrected chi connectivity index (χ4v) is 3.24. The summed E-state index contributed by atoms with van der Waals surface area (Å²) in [4.78, 5) is 18.8. The normalized spacial score (nSPS) is 18.3. The van der Waals surface area contributed by atoms with Gasteiger partial charge in [0.05, 0.1) is 19.4 Å². The van der Waals surface area contributed by atoms with E-state index in [4.69, 9.17) is 13.7 Å². The number of furan rings is 1. The molecular weight excluding hydrogens is 334 g/mol. The molecule has 1 amide bonds. The molecule has 3 aromatic rings. The molecule has 0 aliphatic carbocycles. The highest BCUT2D eigenvalue weighted by atomic mass is 16.5. The third-order valence-electron chi connectivity index (χ3n) is 4.76. The Balaban J connectivity index is 1.49. The Morgan fingerprint density at radius 1 is 1.27 bits per heavy atom. The fraction of sp³-hybridized carbons (Fsp3) is 0.316. The van der Waals surface area contributed by atoms with Crippen LogP contribution in [0.1, 0.15) is 36.7 Å². The van der Waals surface area contributed by atoms with E-state index >= 15 is 0 Å². The molecule has 134 valence electrons. The number of carbonyl (C=O) groups is 1. The first-order chi connectivity index (χ1) is 12.7. The van der Waals surface area contributed by atoms with Gasteiger partial charge in [0.1, 0.15) is 5.75 Å². The zero-order chi connectivity index (χ0) is 18.1. The molecule has 26 heavy (non-hydrogen) atoms. The quantitative estimate of drug-likeness (QED) is 0.699. The molecule has 1 aromatic carbocycles. The predicted molar refractivity (Wildman–Crippen MR) is 92.5 cm³/mol. The van der Waals surface area contributed by atoms with Crippen LogP contribution in [0, 0.1) is 0 Å². The lowest BCUT2D eigenvalue weighted by atomic mass is 10.1. The van der Waals surface area contributed by atoms with Gasteiger partial charge in [0.15, 0.2) is 11.6 Å². The number of nitrogens with zero attached hydrogens (tertiary/aromatic N) is 3. The number of likely N-dealkylation sites (tertiary alicyclic amines) is 1. The summed E-state index contributed by atoms with van der Waals surface area (Å²) in [5, 5.41) is 4.04. The minimum Gasteiger partial charge on any atom is -0.497 e. The lowest BCUT2D eigenvalue weighted by Gasteiger charge is -2.25. The number of amides is 1. The maximum atomic E-state index is 12.5. The zero-order valence-electron chi connectivity index (χ0n) is 14.6. The summed E-state index contributed by atoms with van der Waals surface area (Å²) < 4.78 is 15.7. The van der Waals surface area contributed by atoms with E-state index in [1.54, 1.807) is 25.5 Å². The molecule has 0 N–H and O–H groups in total. The van der Waals surface area contributed by atoms with E-state index in [0.717, 1.165) is 11.3 Å². The smallest absolute Gasteiger partial charge is 0.293 e. The second kappa shape index (κ2) is 6.67. The Kier molecular flexibility index (Phi) is 4.20. The topological polar surface area (TPSA) is 81.6 Å². The largest absolute Gasteiger partial charge is 0.497 e. The van der Waals surface area contributed by atoms with E-state index in [1.165, 1.54) is 0 Å². The van der Waals surface area contributed by atoms with Crippen LogP contribution in [0.5, 0.6) is 5.75 Å². The molecule has 1 fully saturated rings. The number of benzene rings is 1. The van der Waals surface area contributed by atoms with Crippen molar-refractivity contribution in [2.45, 2.75) is 25.3 Å². The van der Waals surface area contributed by atoms with Crippen molar-refractivity contribution >= 4 is 5.91 Å². The summed E-state index contributed by atoms with van der Waals surface area (Å²) in [5.74, 6) is 2.19. The molecule has 2 unspecified atom stereocenters. The van der Waals surface area contributed by atoms with Gasteiger partial charge in [0.25, 0.3) is 5.89 Å². The lowest BCUT2D eigenvalue weighted by molar-refractivity contribution is -0.129. The molecule has 2 aromatic heterocycles. The summed E-state index contributed by atoms with van der Waals surface area (Å²) in [7, 11) is 1.63. The van der Waals surface area contributed by atoms with E-state index < -0.39 is 0 Å². The monoisotopic (exact) mass is 353 g/mol. The zero-order valence-corrected chi connectivity index (χ0v) is 14.6. The van der Waals surface area contributed by atoms with Crippen LogP contribution >= 0.6 is 0 Å². The number of carbonyl (C=O) groups excluding carboxylic acids is 1. The Labute approximate surface area is 150 Å². The molecule has 0 radical (unpaired) electrons. The summed E-state index contributed by atoms with van der Waals surface area (Å²) in [6.07, 6.45) is 1.92. The molecule has 3 heterocycles. The average molecular weight is 353 g/mol. The number of aromatic nitrogens is 2. The molecule has 1 aliphatic rings. The van der Waals surface area contributed by atoms with E-state index in [9.17, 15) is 4.79 Å². The van der Waals surface area contributed by atoms with Gasteiger partial charge in [-0.05, 0) is 36.8 Å². The van der Waals surface area contributed by atoms with Crippen LogP contribution in [0.3, 0.4) is 0 Å². The first-order valence-corrected chi connectivity index (χ1v) is 8.46. The third-order valence-corrected chi connectivity index (χ3v) is 4.76.